The van der Waals surface area contributed by atoms with Gasteiger partial charge in [0.1, 0.15) is 0 Å². The van der Waals surface area contributed by atoms with Gasteiger partial charge < -0.3 is 0 Å². The molecule has 24 heavy (non-hydrogen) atoms. The highest BCUT2D eigenvalue weighted by Crippen LogP contribution is 2.24. The van der Waals surface area contributed by atoms with Crippen molar-refractivity contribution in [2.75, 3.05) is 10.8 Å². The second-order valence-electron chi connectivity index (χ2n) is 5.71. The average molecular weight is 342 g/mol. The van der Waals surface area contributed by atoms with E-state index in [9.17, 15) is 8.42 Å². The molecule has 0 aromatic heterocycles. The fraction of sp³-hybridized carbons (Fsp3) is 0.316. The molecule has 0 heterocycles. The first-order valence-electron chi connectivity index (χ1n) is 8.04. The summed E-state index contributed by atoms with van der Waals surface area (Å²) in [5.74, 6) is 0. The quantitative estimate of drug-likeness (QED) is 0.762. The van der Waals surface area contributed by atoms with Gasteiger partial charge in [-0.3, -0.25) is 4.31 Å². The van der Waals surface area contributed by atoms with E-state index in [0.717, 1.165) is 24.0 Å². The van der Waals surface area contributed by atoms with Crippen molar-refractivity contribution in [2.45, 2.75) is 38.0 Å². The molecule has 2 aromatic rings. The first-order chi connectivity index (χ1) is 11.5. The zero-order valence-corrected chi connectivity index (χ0v) is 14.9. The van der Waals surface area contributed by atoms with Crippen LogP contribution in [0.4, 0.5) is 5.69 Å². The molecule has 0 amide bonds. The van der Waals surface area contributed by atoms with Crippen LogP contribution in [-0.2, 0) is 16.4 Å². The van der Waals surface area contributed by atoms with Gasteiger partial charge in [0.05, 0.1) is 23.1 Å². The Kier molecular flexibility index (Phi) is 5.99. The van der Waals surface area contributed by atoms with Gasteiger partial charge in [-0.25, -0.2) is 8.42 Å². The summed E-state index contributed by atoms with van der Waals surface area (Å²) in [5.41, 5.74) is 2.75. The topological polar surface area (TPSA) is 61.2 Å². The summed E-state index contributed by atoms with van der Waals surface area (Å²) >= 11 is 0. The van der Waals surface area contributed by atoms with Gasteiger partial charge in [0.15, 0.2) is 0 Å². The maximum Gasteiger partial charge on any atom is 0.264 e. The SMILES string of the molecule is CCCc1ccc(S(=O)(=O)N(CCC#N)c2ccc(C)cc2)cc1. The summed E-state index contributed by atoms with van der Waals surface area (Å²) in [6.45, 7) is 4.18. The fourth-order valence-corrected chi connectivity index (χ4v) is 3.96. The number of benzene rings is 2. The third-order valence-corrected chi connectivity index (χ3v) is 5.64. The lowest BCUT2D eigenvalue weighted by Crippen LogP contribution is -2.31. The van der Waals surface area contributed by atoms with Crippen LogP contribution in [0, 0.1) is 18.3 Å². The minimum Gasteiger partial charge on any atom is -0.265 e. The molecule has 5 heteroatoms. The highest BCUT2D eigenvalue weighted by molar-refractivity contribution is 7.92. The molecule has 0 radical (unpaired) electrons. The van der Waals surface area contributed by atoms with Crippen LogP contribution in [0.1, 0.15) is 30.9 Å². The van der Waals surface area contributed by atoms with Gasteiger partial charge in [0, 0.05) is 6.54 Å². The minimum absolute atomic E-state index is 0.138. The molecule has 0 unspecified atom stereocenters. The minimum atomic E-state index is -3.69. The second-order valence-corrected chi connectivity index (χ2v) is 7.58. The lowest BCUT2D eigenvalue weighted by molar-refractivity contribution is 0.591. The van der Waals surface area contributed by atoms with Crippen molar-refractivity contribution in [1.29, 1.82) is 5.26 Å². The number of nitrogens with zero attached hydrogens (tertiary/aromatic N) is 2. The number of sulfonamides is 1. The average Bonchev–Trinajstić information content (AvgIpc) is 2.57. The summed E-state index contributed by atoms with van der Waals surface area (Å²) in [7, 11) is -3.69. The summed E-state index contributed by atoms with van der Waals surface area (Å²) in [5, 5.41) is 8.87. The molecule has 0 spiro atoms. The van der Waals surface area contributed by atoms with Crippen LogP contribution in [0.5, 0.6) is 0 Å². The molecule has 0 bridgehead atoms. The number of hydrogen-bond acceptors (Lipinski definition) is 3. The van der Waals surface area contributed by atoms with Gasteiger partial charge in [-0.05, 0) is 43.2 Å². The molecule has 0 aliphatic rings. The number of anilines is 1. The van der Waals surface area contributed by atoms with E-state index in [1.54, 1.807) is 24.3 Å². The number of aryl methyl sites for hydroxylation is 2. The zero-order valence-electron chi connectivity index (χ0n) is 14.1. The Morgan fingerprint density at radius 1 is 1.04 bits per heavy atom. The molecule has 0 aliphatic carbocycles. The Balaban J connectivity index is 2.39. The zero-order chi connectivity index (χ0) is 17.6. The Morgan fingerprint density at radius 2 is 1.67 bits per heavy atom. The molecule has 4 nitrogen and oxygen atoms in total. The molecule has 0 saturated heterocycles. The lowest BCUT2D eigenvalue weighted by Gasteiger charge is -2.24. The van der Waals surface area contributed by atoms with Crippen molar-refractivity contribution in [3.63, 3.8) is 0 Å². The normalized spacial score (nSPS) is 11.0. The Morgan fingerprint density at radius 3 is 2.21 bits per heavy atom. The molecule has 2 aromatic carbocycles. The van der Waals surface area contributed by atoms with Crippen molar-refractivity contribution < 1.29 is 8.42 Å². The smallest absolute Gasteiger partial charge is 0.264 e. The highest BCUT2D eigenvalue weighted by Gasteiger charge is 2.24. The third kappa shape index (κ3) is 4.15. The van der Waals surface area contributed by atoms with Gasteiger partial charge in [-0.1, -0.05) is 43.2 Å². The van der Waals surface area contributed by atoms with E-state index in [2.05, 4.69) is 6.92 Å². The first-order valence-corrected chi connectivity index (χ1v) is 9.48. The molecule has 0 fully saturated rings. The van der Waals surface area contributed by atoms with E-state index in [4.69, 9.17) is 5.26 Å². The predicted molar refractivity (Wildman–Crippen MR) is 96.4 cm³/mol. The van der Waals surface area contributed by atoms with E-state index < -0.39 is 10.0 Å². The number of hydrogen-bond donors (Lipinski definition) is 0. The van der Waals surface area contributed by atoms with Crippen molar-refractivity contribution in [3.8, 4) is 6.07 Å². The van der Waals surface area contributed by atoms with Gasteiger partial charge in [0.25, 0.3) is 10.0 Å². The van der Waals surface area contributed by atoms with Gasteiger partial charge in [-0.2, -0.15) is 5.26 Å². The first kappa shape index (κ1) is 18.0. The Bertz CT molecular complexity index is 804. The maximum absolute atomic E-state index is 13.0. The van der Waals surface area contributed by atoms with Crippen molar-refractivity contribution in [2.24, 2.45) is 0 Å². The van der Waals surface area contributed by atoms with Crippen LogP contribution < -0.4 is 4.31 Å². The van der Waals surface area contributed by atoms with Crippen LogP contribution in [-0.4, -0.2) is 15.0 Å². The summed E-state index contributed by atoms with van der Waals surface area (Å²) < 4.78 is 27.3. The Labute approximate surface area is 144 Å². The standard InChI is InChI=1S/C19H22N2O2S/c1-3-5-17-8-12-19(13-9-17)24(22,23)21(15-4-14-20)18-10-6-16(2)7-11-18/h6-13H,3-5,15H2,1-2H3. The van der Waals surface area contributed by atoms with E-state index in [1.807, 2.05) is 37.3 Å². The summed E-state index contributed by atoms with van der Waals surface area (Å²) in [4.78, 5) is 0.251. The molecule has 126 valence electrons. The predicted octanol–water partition coefficient (Wildman–Crippen LogP) is 4.06. The third-order valence-electron chi connectivity index (χ3n) is 3.80. The highest BCUT2D eigenvalue weighted by atomic mass is 32.2. The molecular formula is C19H22N2O2S. The fourth-order valence-electron chi connectivity index (χ4n) is 2.49. The van der Waals surface area contributed by atoms with Crippen LogP contribution in [0.15, 0.2) is 53.4 Å². The van der Waals surface area contributed by atoms with E-state index in [0.29, 0.717) is 5.69 Å². The maximum atomic E-state index is 13.0. The molecule has 2 rings (SSSR count). The largest absolute Gasteiger partial charge is 0.265 e. The van der Waals surface area contributed by atoms with E-state index >= 15 is 0 Å². The van der Waals surface area contributed by atoms with Crippen LogP contribution >= 0.6 is 0 Å². The molecule has 0 N–H and O–H groups in total. The molecular weight excluding hydrogens is 320 g/mol. The lowest BCUT2D eigenvalue weighted by atomic mass is 10.1. The molecule has 0 atom stereocenters. The number of rotatable bonds is 7. The van der Waals surface area contributed by atoms with Crippen molar-refractivity contribution in [1.82, 2.24) is 0 Å². The van der Waals surface area contributed by atoms with Crippen LogP contribution in [0.2, 0.25) is 0 Å². The second kappa shape index (κ2) is 7.98. The van der Waals surface area contributed by atoms with Crippen molar-refractivity contribution in [3.05, 3.63) is 59.7 Å². The van der Waals surface area contributed by atoms with E-state index in [-0.39, 0.29) is 17.9 Å². The summed E-state index contributed by atoms with van der Waals surface area (Å²) in [6, 6.07) is 16.3. The Hall–Kier alpha value is -2.32. The van der Waals surface area contributed by atoms with Crippen LogP contribution in [0.25, 0.3) is 0 Å². The number of nitriles is 1. The van der Waals surface area contributed by atoms with Gasteiger partial charge in [0.2, 0.25) is 0 Å². The molecule has 0 aliphatic heterocycles. The van der Waals surface area contributed by atoms with Gasteiger partial charge in [-0.15, -0.1) is 0 Å². The summed E-state index contributed by atoms with van der Waals surface area (Å²) in [6.07, 6.45) is 2.08. The molecule has 0 saturated carbocycles. The van der Waals surface area contributed by atoms with E-state index in [1.165, 1.54) is 4.31 Å². The van der Waals surface area contributed by atoms with Crippen LogP contribution in [0.3, 0.4) is 0 Å². The monoisotopic (exact) mass is 342 g/mol. The van der Waals surface area contributed by atoms with Gasteiger partial charge >= 0.3 is 0 Å². The van der Waals surface area contributed by atoms with Crippen molar-refractivity contribution >= 4 is 15.7 Å².